The van der Waals surface area contributed by atoms with Crippen molar-refractivity contribution >= 4 is 11.1 Å². The SMILES string of the molecule is Cn1c(=O)oc2cc(-c3cc4c([nH]3)CCNC4)ccc21. The fourth-order valence-electron chi connectivity index (χ4n) is 2.81. The van der Waals surface area contributed by atoms with Crippen LogP contribution >= 0.6 is 0 Å². The van der Waals surface area contributed by atoms with E-state index >= 15 is 0 Å². The first-order chi connectivity index (χ1) is 9.72. The van der Waals surface area contributed by atoms with Gasteiger partial charge in [0, 0.05) is 43.5 Å². The maximum absolute atomic E-state index is 11.5. The molecule has 0 radical (unpaired) electrons. The van der Waals surface area contributed by atoms with Crippen LogP contribution in [-0.4, -0.2) is 16.1 Å². The molecule has 4 rings (SSSR count). The lowest BCUT2D eigenvalue weighted by molar-refractivity contribution is 0.528. The minimum Gasteiger partial charge on any atom is -0.408 e. The number of oxazole rings is 1. The summed E-state index contributed by atoms with van der Waals surface area (Å²) in [6.07, 6.45) is 1.03. The Morgan fingerprint density at radius 2 is 2.20 bits per heavy atom. The molecule has 1 aromatic carbocycles. The van der Waals surface area contributed by atoms with Crippen LogP contribution in [0.1, 0.15) is 11.3 Å². The Kier molecular flexibility index (Phi) is 2.37. The Morgan fingerprint density at radius 1 is 1.30 bits per heavy atom. The summed E-state index contributed by atoms with van der Waals surface area (Å²) in [6.45, 7) is 1.92. The molecule has 0 saturated heterocycles. The first-order valence-electron chi connectivity index (χ1n) is 6.74. The van der Waals surface area contributed by atoms with Crippen LogP contribution in [0.5, 0.6) is 0 Å². The molecule has 1 aliphatic heterocycles. The van der Waals surface area contributed by atoms with Gasteiger partial charge in [0.05, 0.1) is 5.52 Å². The number of benzene rings is 1. The molecule has 0 aliphatic carbocycles. The van der Waals surface area contributed by atoms with Gasteiger partial charge in [0.15, 0.2) is 5.58 Å². The number of fused-ring (bicyclic) bond motifs is 2. The van der Waals surface area contributed by atoms with Crippen molar-refractivity contribution in [2.24, 2.45) is 7.05 Å². The summed E-state index contributed by atoms with van der Waals surface area (Å²) in [7, 11) is 1.72. The van der Waals surface area contributed by atoms with E-state index in [1.807, 2.05) is 18.2 Å². The Balaban J connectivity index is 1.85. The van der Waals surface area contributed by atoms with Crippen molar-refractivity contribution in [3.05, 3.63) is 46.1 Å². The molecular formula is C15H15N3O2. The molecule has 0 fully saturated rings. The summed E-state index contributed by atoms with van der Waals surface area (Å²) in [4.78, 5) is 15.0. The summed E-state index contributed by atoms with van der Waals surface area (Å²) in [5, 5.41) is 3.36. The number of rotatable bonds is 1. The average Bonchev–Trinajstić information content (AvgIpc) is 3.01. The maximum Gasteiger partial charge on any atom is 0.419 e. The molecule has 5 nitrogen and oxygen atoms in total. The quantitative estimate of drug-likeness (QED) is 0.707. The topological polar surface area (TPSA) is 63.0 Å². The summed E-state index contributed by atoms with van der Waals surface area (Å²) in [5.74, 6) is -0.327. The van der Waals surface area contributed by atoms with Gasteiger partial charge in [-0.1, -0.05) is 6.07 Å². The summed E-state index contributed by atoms with van der Waals surface area (Å²) < 4.78 is 6.76. The van der Waals surface area contributed by atoms with Crippen LogP contribution < -0.4 is 11.1 Å². The van der Waals surface area contributed by atoms with Crippen molar-refractivity contribution < 1.29 is 4.42 Å². The molecule has 20 heavy (non-hydrogen) atoms. The minimum absolute atomic E-state index is 0.327. The second kappa shape index (κ2) is 4.11. The summed E-state index contributed by atoms with van der Waals surface area (Å²) >= 11 is 0. The van der Waals surface area contributed by atoms with Gasteiger partial charge in [-0.2, -0.15) is 0 Å². The Labute approximate surface area is 115 Å². The molecule has 3 heterocycles. The van der Waals surface area contributed by atoms with Gasteiger partial charge in [-0.3, -0.25) is 4.57 Å². The first-order valence-corrected chi connectivity index (χ1v) is 6.74. The zero-order valence-electron chi connectivity index (χ0n) is 11.2. The van der Waals surface area contributed by atoms with Crippen molar-refractivity contribution in [3.8, 4) is 11.3 Å². The van der Waals surface area contributed by atoms with Crippen molar-refractivity contribution in [3.63, 3.8) is 0 Å². The fourth-order valence-corrected chi connectivity index (χ4v) is 2.81. The van der Waals surface area contributed by atoms with Crippen LogP contribution in [0.25, 0.3) is 22.4 Å². The van der Waals surface area contributed by atoms with Crippen LogP contribution in [0.2, 0.25) is 0 Å². The number of nitrogens with zero attached hydrogens (tertiary/aromatic N) is 1. The molecular weight excluding hydrogens is 254 g/mol. The highest BCUT2D eigenvalue weighted by Crippen LogP contribution is 2.26. The molecule has 0 bridgehead atoms. The predicted molar refractivity (Wildman–Crippen MR) is 76.7 cm³/mol. The Hall–Kier alpha value is -2.27. The highest BCUT2D eigenvalue weighted by atomic mass is 16.4. The lowest BCUT2D eigenvalue weighted by Crippen LogP contribution is -2.22. The number of aromatic nitrogens is 2. The van der Waals surface area contributed by atoms with Gasteiger partial charge in [-0.25, -0.2) is 4.79 Å². The van der Waals surface area contributed by atoms with Gasteiger partial charge in [0.1, 0.15) is 0 Å². The first kappa shape index (κ1) is 11.5. The van der Waals surface area contributed by atoms with Gasteiger partial charge in [-0.15, -0.1) is 0 Å². The van der Waals surface area contributed by atoms with Gasteiger partial charge < -0.3 is 14.7 Å². The van der Waals surface area contributed by atoms with Crippen molar-refractivity contribution in [2.45, 2.75) is 13.0 Å². The largest absolute Gasteiger partial charge is 0.419 e. The van der Waals surface area contributed by atoms with E-state index in [9.17, 15) is 4.79 Å². The number of H-pyrrole nitrogens is 1. The smallest absolute Gasteiger partial charge is 0.408 e. The van der Waals surface area contributed by atoms with E-state index in [-0.39, 0.29) is 5.76 Å². The van der Waals surface area contributed by atoms with E-state index in [4.69, 9.17) is 4.42 Å². The van der Waals surface area contributed by atoms with Crippen LogP contribution in [0, 0.1) is 0 Å². The van der Waals surface area contributed by atoms with Crippen molar-refractivity contribution in [2.75, 3.05) is 6.54 Å². The number of hydrogen-bond donors (Lipinski definition) is 2. The lowest BCUT2D eigenvalue weighted by Gasteiger charge is -2.11. The van der Waals surface area contributed by atoms with E-state index in [2.05, 4.69) is 16.4 Å². The molecule has 3 aromatic rings. The Morgan fingerprint density at radius 3 is 3.05 bits per heavy atom. The van der Waals surface area contributed by atoms with E-state index < -0.39 is 0 Å². The van der Waals surface area contributed by atoms with Crippen LogP contribution in [0.3, 0.4) is 0 Å². The van der Waals surface area contributed by atoms with Gasteiger partial charge >= 0.3 is 5.76 Å². The number of aryl methyl sites for hydroxylation is 1. The second-order valence-corrected chi connectivity index (χ2v) is 5.22. The van der Waals surface area contributed by atoms with E-state index in [1.54, 1.807) is 7.05 Å². The molecule has 0 saturated carbocycles. The predicted octanol–water partition coefficient (Wildman–Crippen LogP) is 1.77. The van der Waals surface area contributed by atoms with E-state index in [0.29, 0.717) is 5.58 Å². The highest BCUT2D eigenvalue weighted by Gasteiger charge is 2.14. The molecule has 102 valence electrons. The monoisotopic (exact) mass is 269 g/mol. The summed E-state index contributed by atoms with van der Waals surface area (Å²) in [6, 6.07) is 8.03. The third-order valence-electron chi connectivity index (χ3n) is 3.96. The Bertz CT molecular complexity index is 830. The lowest BCUT2D eigenvalue weighted by atomic mass is 10.1. The normalized spacial score (nSPS) is 14.7. The molecule has 1 aliphatic rings. The third-order valence-corrected chi connectivity index (χ3v) is 3.96. The van der Waals surface area contributed by atoms with Gasteiger partial charge in [-0.05, 0) is 23.8 Å². The minimum atomic E-state index is -0.327. The number of nitrogens with one attached hydrogen (secondary N) is 2. The highest BCUT2D eigenvalue weighted by molar-refractivity contribution is 5.79. The molecule has 5 heteroatoms. The van der Waals surface area contributed by atoms with Gasteiger partial charge in [0.25, 0.3) is 0 Å². The zero-order valence-corrected chi connectivity index (χ0v) is 11.2. The fraction of sp³-hybridized carbons (Fsp3) is 0.267. The van der Waals surface area contributed by atoms with E-state index in [0.717, 1.165) is 36.3 Å². The van der Waals surface area contributed by atoms with Crippen LogP contribution in [-0.2, 0) is 20.0 Å². The number of hydrogen-bond acceptors (Lipinski definition) is 3. The molecule has 0 amide bonds. The summed E-state index contributed by atoms with van der Waals surface area (Å²) in [5.41, 5.74) is 6.18. The average molecular weight is 269 g/mol. The van der Waals surface area contributed by atoms with Crippen molar-refractivity contribution in [1.29, 1.82) is 0 Å². The third kappa shape index (κ3) is 1.63. The van der Waals surface area contributed by atoms with Gasteiger partial charge in [0.2, 0.25) is 0 Å². The maximum atomic E-state index is 11.5. The van der Waals surface area contributed by atoms with Crippen molar-refractivity contribution in [1.82, 2.24) is 14.9 Å². The van der Waals surface area contributed by atoms with Crippen LogP contribution in [0.15, 0.2) is 33.5 Å². The molecule has 0 spiro atoms. The molecule has 0 atom stereocenters. The molecule has 2 N–H and O–H groups in total. The van der Waals surface area contributed by atoms with E-state index in [1.165, 1.54) is 15.8 Å². The van der Waals surface area contributed by atoms with Crippen LogP contribution in [0.4, 0.5) is 0 Å². The second-order valence-electron chi connectivity index (χ2n) is 5.22. The number of aromatic amines is 1. The standard InChI is InChI=1S/C15H15N3O2/c1-18-13-3-2-9(7-14(13)20-15(18)19)12-6-10-8-16-5-4-11(10)17-12/h2-3,6-7,16-17H,4-5,8H2,1H3. The molecule has 0 unspecified atom stereocenters. The zero-order chi connectivity index (χ0) is 13.7. The molecule has 2 aromatic heterocycles.